The van der Waals surface area contributed by atoms with E-state index >= 15 is 0 Å². The molecule has 0 amide bonds. The van der Waals surface area contributed by atoms with Crippen molar-refractivity contribution in [3.05, 3.63) is 12.2 Å². The predicted octanol–water partition coefficient (Wildman–Crippen LogP) is 2.51. The number of allylic oxidation sites excluding steroid dienone is 2. The molecule has 0 aliphatic heterocycles. The van der Waals surface area contributed by atoms with Crippen molar-refractivity contribution in [2.75, 3.05) is 6.61 Å². The number of fused-ring (bicyclic) bond motifs is 2. The summed E-state index contributed by atoms with van der Waals surface area (Å²) in [6, 6.07) is 0. The Bertz CT molecular complexity index is 259. The molecule has 1 N–H and O–H groups in total. The quantitative estimate of drug-likeness (QED) is 0.688. The minimum atomic E-state index is -4.16. The lowest BCUT2D eigenvalue weighted by Gasteiger charge is -2.34. The Kier molecular flexibility index (Phi) is 2.14. The van der Waals surface area contributed by atoms with Crippen LogP contribution in [-0.4, -0.2) is 17.9 Å². The molecule has 4 heteroatoms. The van der Waals surface area contributed by atoms with Gasteiger partial charge in [-0.2, -0.15) is 13.2 Å². The lowest BCUT2D eigenvalue weighted by Crippen LogP contribution is -2.39. The van der Waals surface area contributed by atoms with E-state index in [0.29, 0.717) is 6.42 Å². The third-order valence-corrected chi connectivity index (χ3v) is 3.59. The second kappa shape index (κ2) is 2.99. The smallest absolute Gasteiger partial charge is 0.396 e. The van der Waals surface area contributed by atoms with Crippen LogP contribution in [0.25, 0.3) is 0 Å². The van der Waals surface area contributed by atoms with E-state index in [1.807, 2.05) is 0 Å². The van der Waals surface area contributed by atoms with Gasteiger partial charge in [-0.1, -0.05) is 12.2 Å². The molecule has 80 valence electrons. The van der Waals surface area contributed by atoms with Gasteiger partial charge in [-0.05, 0) is 31.1 Å². The first kappa shape index (κ1) is 10.0. The van der Waals surface area contributed by atoms with Crippen LogP contribution in [-0.2, 0) is 0 Å². The Morgan fingerprint density at radius 2 is 2.14 bits per heavy atom. The van der Waals surface area contributed by atoms with Crippen LogP contribution < -0.4 is 0 Å². The van der Waals surface area contributed by atoms with Crippen LogP contribution in [0.4, 0.5) is 13.2 Å². The minimum absolute atomic E-state index is 0.0770. The van der Waals surface area contributed by atoms with E-state index in [1.54, 1.807) is 6.08 Å². The molecule has 0 aromatic heterocycles. The third kappa shape index (κ3) is 1.20. The molecular weight excluding hydrogens is 193 g/mol. The standard InChI is InChI=1S/C10H13F3O/c11-10(12,13)9-3-1-7(6-9)5-8(9)2-4-14/h1,3,7-8,14H,2,4-6H2. The molecule has 2 aliphatic rings. The van der Waals surface area contributed by atoms with Gasteiger partial charge < -0.3 is 5.11 Å². The van der Waals surface area contributed by atoms with Crippen molar-refractivity contribution >= 4 is 0 Å². The number of hydrogen-bond acceptors (Lipinski definition) is 1. The lowest BCUT2D eigenvalue weighted by molar-refractivity contribution is -0.217. The summed E-state index contributed by atoms with van der Waals surface area (Å²) in [5.74, 6) is -0.337. The van der Waals surface area contributed by atoms with E-state index < -0.39 is 17.5 Å². The summed E-state index contributed by atoms with van der Waals surface area (Å²) in [6.45, 7) is -0.150. The molecule has 3 atom stereocenters. The summed E-state index contributed by atoms with van der Waals surface area (Å²) >= 11 is 0. The first-order valence-electron chi connectivity index (χ1n) is 4.86. The number of alkyl halides is 3. The van der Waals surface area contributed by atoms with Crippen molar-refractivity contribution in [3.63, 3.8) is 0 Å². The lowest BCUT2D eigenvalue weighted by atomic mass is 9.76. The van der Waals surface area contributed by atoms with Crippen molar-refractivity contribution in [1.82, 2.24) is 0 Å². The highest BCUT2D eigenvalue weighted by Crippen LogP contribution is 2.61. The minimum Gasteiger partial charge on any atom is -0.396 e. The van der Waals surface area contributed by atoms with E-state index in [0.717, 1.165) is 0 Å². The average molecular weight is 206 g/mol. The van der Waals surface area contributed by atoms with Gasteiger partial charge in [0, 0.05) is 6.61 Å². The molecule has 2 bridgehead atoms. The van der Waals surface area contributed by atoms with Crippen LogP contribution in [0, 0.1) is 17.3 Å². The molecule has 1 fully saturated rings. The molecule has 0 aromatic rings. The number of rotatable bonds is 2. The van der Waals surface area contributed by atoms with E-state index in [-0.39, 0.29) is 25.4 Å². The molecule has 3 unspecified atom stereocenters. The van der Waals surface area contributed by atoms with Gasteiger partial charge in [0.1, 0.15) is 0 Å². The van der Waals surface area contributed by atoms with Crippen LogP contribution in [0.15, 0.2) is 12.2 Å². The fourth-order valence-corrected chi connectivity index (χ4v) is 2.89. The Morgan fingerprint density at radius 3 is 2.64 bits per heavy atom. The summed E-state index contributed by atoms with van der Waals surface area (Å²) in [5.41, 5.74) is -1.62. The van der Waals surface area contributed by atoms with Crippen LogP contribution >= 0.6 is 0 Å². The van der Waals surface area contributed by atoms with Gasteiger partial charge in [0.15, 0.2) is 0 Å². The number of aliphatic hydroxyl groups excluding tert-OH is 1. The van der Waals surface area contributed by atoms with Gasteiger partial charge in [-0.15, -0.1) is 0 Å². The maximum atomic E-state index is 12.9. The molecule has 0 heterocycles. The largest absolute Gasteiger partial charge is 0.398 e. The summed E-state index contributed by atoms with van der Waals surface area (Å²) in [4.78, 5) is 0. The normalized spacial score (nSPS) is 40.9. The molecular formula is C10H13F3O. The van der Waals surface area contributed by atoms with Crippen LogP contribution in [0.2, 0.25) is 0 Å². The fraction of sp³-hybridized carbons (Fsp3) is 0.800. The SMILES string of the molecule is OCCC1CC2C=CC1(C(F)(F)F)C2. The highest BCUT2D eigenvalue weighted by molar-refractivity contribution is 5.21. The topological polar surface area (TPSA) is 20.2 Å². The summed E-state index contributed by atoms with van der Waals surface area (Å²) in [7, 11) is 0. The fourth-order valence-electron chi connectivity index (χ4n) is 2.89. The van der Waals surface area contributed by atoms with E-state index in [1.165, 1.54) is 6.08 Å². The average Bonchev–Trinajstić information content (AvgIpc) is 2.61. The Hall–Kier alpha value is -0.510. The highest BCUT2D eigenvalue weighted by Gasteiger charge is 2.63. The van der Waals surface area contributed by atoms with E-state index in [2.05, 4.69) is 0 Å². The number of hydrogen-bond donors (Lipinski definition) is 1. The van der Waals surface area contributed by atoms with Crippen LogP contribution in [0.3, 0.4) is 0 Å². The summed E-state index contributed by atoms with van der Waals surface area (Å²) in [5, 5.41) is 8.74. The van der Waals surface area contributed by atoms with Gasteiger partial charge in [0.25, 0.3) is 0 Å². The first-order chi connectivity index (χ1) is 6.49. The Labute approximate surface area is 80.6 Å². The van der Waals surface area contributed by atoms with Crippen molar-refractivity contribution in [1.29, 1.82) is 0 Å². The third-order valence-electron chi connectivity index (χ3n) is 3.59. The van der Waals surface area contributed by atoms with Crippen molar-refractivity contribution in [2.24, 2.45) is 17.3 Å². The van der Waals surface area contributed by atoms with E-state index in [4.69, 9.17) is 5.11 Å². The predicted molar refractivity (Wildman–Crippen MR) is 45.5 cm³/mol. The molecule has 2 aliphatic carbocycles. The Morgan fingerprint density at radius 1 is 1.43 bits per heavy atom. The van der Waals surface area contributed by atoms with Gasteiger partial charge >= 0.3 is 6.18 Å². The molecule has 1 nitrogen and oxygen atoms in total. The van der Waals surface area contributed by atoms with Crippen molar-refractivity contribution in [3.8, 4) is 0 Å². The van der Waals surface area contributed by atoms with Gasteiger partial charge in [0.05, 0.1) is 5.41 Å². The molecule has 0 spiro atoms. The zero-order valence-corrected chi connectivity index (χ0v) is 7.72. The molecule has 1 saturated carbocycles. The van der Waals surface area contributed by atoms with Crippen molar-refractivity contribution in [2.45, 2.75) is 25.4 Å². The zero-order chi connectivity index (χ0) is 10.4. The number of aliphatic hydroxyl groups is 1. The Balaban J connectivity index is 2.26. The molecule has 0 aromatic carbocycles. The molecule has 2 rings (SSSR count). The maximum Gasteiger partial charge on any atom is 0.398 e. The first-order valence-corrected chi connectivity index (χ1v) is 4.86. The summed E-state index contributed by atoms with van der Waals surface area (Å²) < 4.78 is 38.7. The van der Waals surface area contributed by atoms with Gasteiger partial charge in [-0.3, -0.25) is 0 Å². The van der Waals surface area contributed by atoms with Crippen molar-refractivity contribution < 1.29 is 18.3 Å². The maximum absolute atomic E-state index is 12.9. The number of halogens is 3. The second-order valence-electron chi connectivity index (χ2n) is 4.31. The van der Waals surface area contributed by atoms with E-state index in [9.17, 15) is 13.2 Å². The van der Waals surface area contributed by atoms with Crippen LogP contribution in [0.5, 0.6) is 0 Å². The summed E-state index contributed by atoms with van der Waals surface area (Å²) in [6.07, 6.45) is -0.116. The molecule has 0 radical (unpaired) electrons. The highest BCUT2D eigenvalue weighted by atomic mass is 19.4. The second-order valence-corrected chi connectivity index (χ2v) is 4.31. The monoisotopic (exact) mass is 206 g/mol. The van der Waals surface area contributed by atoms with Gasteiger partial charge in [0.2, 0.25) is 0 Å². The van der Waals surface area contributed by atoms with Gasteiger partial charge in [-0.25, -0.2) is 0 Å². The molecule has 0 saturated heterocycles. The molecule has 14 heavy (non-hydrogen) atoms. The van der Waals surface area contributed by atoms with Crippen LogP contribution in [0.1, 0.15) is 19.3 Å². The zero-order valence-electron chi connectivity index (χ0n) is 7.72.